The van der Waals surface area contributed by atoms with Crippen LogP contribution in [0.25, 0.3) is 0 Å². The van der Waals surface area contributed by atoms with Crippen LogP contribution in [0.15, 0.2) is 12.1 Å². The van der Waals surface area contributed by atoms with Crippen molar-refractivity contribution in [3.8, 4) is 0 Å². The number of amides is 1. The Labute approximate surface area is 136 Å². The van der Waals surface area contributed by atoms with Crippen molar-refractivity contribution in [3.63, 3.8) is 0 Å². The number of rotatable bonds is 3. The number of carboxylic acids is 1. The van der Waals surface area contributed by atoms with Crippen molar-refractivity contribution in [3.05, 3.63) is 23.3 Å². The second-order valence-electron chi connectivity index (χ2n) is 6.81. The molecule has 1 aromatic carbocycles. The molecule has 1 aliphatic heterocycles. The first-order valence-electron chi connectivity index (χ1n) is 7.45. The summed E-state index contributed by atoms with van der Waals surface area (Å²) in [6.45, 7) is 10.8. The average molecular weight is 319 g/mol. The van der Waals surface area contributed by atoms with Gasteiger partial charge >= 0.3 is 13.1 Å². The van der Waals surface area contributed by atoms with Crippen LogP contribution in [0.2, 0.25) is 0 Å². The van der Waals surface area contributed by atoms with Crippen molar-refractivity contribution in [1.29, 1.82) is 0 Å². The first kappa shape index (κ1) is 17.5. The molecule has 6 nitrogen and oxygen atoms in total. The minimum Gasteiger partial charge on any atom is -0.478 e. The summed E-state index contributed by atoms with van der Waals surface area (Å²) >= 11 is 0. The van der Waals surface area contributed by atoms with E-state index in [2.05, 4.69) is 5.32 Å². The van der Waals surface area contributed by atoms with E-state index in [1.165, 1.54) is 13.0 Å². The summed E-state index contributed by atoms with van der Waals surface area (Å²) in [5.41, 5.74) is 0.623. The molecule has 124 valence electrons. The molecule has 0 radical (unpaired) electrons. The van der Waals surface area contributed by atoms with E-state index in [0.717, 1.165) is 0 Å². The maximum absolute atomic E-state index is 11.5. The molecule has 0 unspecified atom stereocenters. The molecule has 0 saturated carbocycles. The fourth-order valence-electron chi connectivity index (χ4n) is 2.45. The molecule has 0 aromatic heterocycles. The summed E-state index contributed by atoms with van der Waals surface area (Å²) in [5, 5.41) is 12.0. The van der Waals surface area contributed by atoms with Gasteiger partial charge in [-0.2, -0.15) is 0 Å². The van der Waals surface area contributed by atoms with Gasteiger partial charge in [-0.15, -0.1) is 0 Å². The third-order valence-corrected chi connectivity index (χ3v) is 4.51. The van der Waals surface area contributed by atoms with E-state index < -0.39 is 24.3 Å². The van der Waals surface area contributed by atoms with Crippen molar-refractivity contribution in [2.75, 3.05) is 5.32 Å². The molecule has 1 fully saturated rings. The SMILES string of the molecule is CC(=O)Nc1cc(B2OC(C)(C)C(C)(C)O2)c(C)c(C(=O)O)c1. The number of carbonyl (C=O) groups is 2. The van der Waals surface area contributed by atoms with Gasteiger partial charge in [0.1, 0.15) is 0 Å². The monoisotopic (exact) mass is 319 g/mol. The number of benzene rings is 1. The van der Waals surface area contributed by atoms with Crippen LogP contribution < -0.4 is 10.8 Å². The molecule has 0 atom stereocenters. The maximum atomic E-state index is 11.5. The topological polar surface area (TPSA) is 84.9 Å². The molecule has 0 bridgehead atoms. The van der Waals surface area contributed by atoms with Crippen molar-refractivity contribution in [2.45, 2.75) is 52.7 Å². The predicted molar refractivity (Wildman–Crippen MR) is 88.2 cm³/mol. The molecule has 1 heterocycles. The van der Waals surface area contributed by atoms with Crippen molar-refractivity contribution in [1.82, 2.24) is 0 Å². The summed E-state index contributed by atoms with van der Waals surface area (Å²) in [7, 11) is -0.688. The lowest BCUT2D eigenvalue weighted by Crippen LogP contribution is -2.41. The largest absolute Gasteiger partial charge is 0.495 e. The normalized spacial score (nSPS) is 18.8. The van der Waals surface area contributed by atoms with Gasteiger partial charge in [0.2, 0.25) is 5.91 Å². The molecule has 2 N–H and O–H groups in total. The molecule has 0 aliphatic carbocycles. The van der Waals surface area contributed by atoms with Crippen LogP contribution in [-0.4, -0.2) is 35.3 Å². The van der Waals surface area contributed by atoms with E-state index in [1.807, 2.05) is 27.7 Å². The van der Waals surface area contributed by atoms with Gasteiger partial charge in [-0.1, -0.05) is 0 Å². The lowest BCUT2D eigenvalue weighted by Gasteiger charge is -2.32. The molecule has 1 aliphatic rings. The molecule has 1 amide bonds. The Hall–Kier alpha value is -1.86. The smallest absolute Gasteiger partial charge is 0.478 e. The van der Waals surface area contributed by atoms with Gasteiger partial charge in [0, 0.05) is 12.6 Å². The van der Waals surface area contributed by atoms with Crippen molar-refractivity contribution >= 4 is 30.1 Å². The quantitative estimate of drug-likeness (QED) is 0.832. The summed E-state index contributed by atoms with van der Waals surface area (Å²) < 4.78 is 12.0. The van der Waals surface area contributed by atoms with Crippen molar-refractivity contribution in [2.24, 2.45) is 0 Å². The minimum absolute atomic E-state index is 0.112. The van der Waals surface area contributed by atoms with Gasteiger partial charge in [0.15, 0.2) is 0 Å². The Morgan fingerprint density at radius 2 is 1.65 bits per heavy atom. The zero-order valence-corrected chi connectivity index (χ0v) is 14.3. The number of carboxylic acid groups (broad SMARTS) is 1. The molecular weight excluding hydrogens is 297 g/mol. The average Bonchev–Trinajstić information content (AvgIpc) is 2.59. The Morgan fingerprint density at radius 1 is 1.13 bits per heavy atom. The Balaban J connectivity index is 2.52. The lowest BCUT2D eigenvalue weighted by molar-refractivity contribution is -0.114. The van der Waals surface area contributed by atoms with E-state index in [9.17, 15) is 14.7 Å². The van der Waals surface area contributed by atoms with E-state index in [1.54, 1.807) is 13.0 Å². The summed E-state index contributed by atoms with van der Waals surface area (Å²) in [4.78, 5) is 22.8. The standard InChI is InChI=1S/C16H22BNO5/c1-9-12(14(20)21)7-11(18-10(2)19)8-13(9)17-22-15(3,4)16(5,6)23-17/h7-8H,1-6H3,(H,18,19)(H,20,21). The van der Waals surface area contributed by atoms with Crippen molar-refractivity contribution < 1.29 is 24.0 Å². The third kappa shape index (κ3) is 3.25. The summed E-state index contributed by atoms with van der Waals surface area (Å²) in [5.74, 6) is -1.34. The molecule has 7 heteroatoms. The molecule has 1 aromatic rings. The number of aromatic carboxylic acids is 1. The fourth-order valence-corrected chi connectivity index (χ4v) is 2.45. The number of hydrogen-bond acceptors (Lipinski definition) is 4. The molecule has 2 rings (SSSR count). The highest BCUT2D eigenvalue weighted by molar-refractivity contribution is 6.63. The van der Waals surface area contributed by atoms with Crippen LogP contribution in [0.4, 0.5) is 5.69 Å². The zero-order chi connectivity index (χ0) is 17.6. The number of hydrogen-bond donors (Lipinski definition) is 2. The zero-order valence-electron chi connectivity index (χ0n) is 14.3. The summed E-state index contributed by atoms with van der Waals surface area (Å²) in [6, 6.07) is 3.14. The van der Waals surface area contributed by atoms with Crippen LogP contribution in [-0.2, 0) is 14.1 Å². The highest BCUT2D eigenvalue weighted by atomic mass is 16.7. The van der Waals surface area contributed by atoms with E-state index >= 15 is 0 Å². The fraction of sp³-hybridized carbons (Fsp3) is 0.500. The lowest BCUT2D eigenvalue weighted by atomic mass is 9.74. The maximum Gasteiger partial charge on any atom is 0.495 e. The minimum atomic E-state index is -1.06. The first-order valence-corrected chi connectivity index (χ1v) is 7.45. The Bertz CT molecular complexity index is 653. The van der Waals surface area contributed by atoms with Crippen LogP contribution in [0.3, 0.4) is 0 Å². The number of carbonyl (C=O) groups excluding carboxylic acids is 1. The van der Waals surface area contributed by atoms with Gasteiger partial charge in [-0.3, -0.25) is 4.79 Å². The van der Waals surface area contributed by atoms with E-state index in [4.69, 9.17) is 9.31 Å². The van der Waals surface area contributed by atoms with Crippen LogP contribution >= 0.6 is 0 Å². The van der Waals surface area contributed by atoms with Gasteiger partial charge in [0.05, 0.1) is 16.8 Å². The van der Waals surface area contributed by atoms with E-state index in [0.29, 0.717) is 16.7 Å². The first-order chi connectivity index (χ1) is 10.4. The number of anilines is 1. The van der Waals surface area contributed by atoms with Crippen LogP contribution in [0.1, 0.15) is 50.5 Å². The van der Waals surface area contributed by atoms with E-state index in [-0.39, 0.29) is 11.5 Å². The molecule has 1 saturated heterocycles. The number of nitrogens with one attached hydrogen (secondary N) is 1. The van der Waals surface area contributed by atoms with Crippen LogP contribution in [0.5, 0.6) is 0 Å². The van der Waals surface area contributed by atoms with Gasteiger partial charge in [-0.05, 0) is 57.8 Å². The Kier molecular flexibility index (Phi) is 4.30. The van der Waals surface area contributed by atoms with Crippen LogP contribution in [0, 0.1) is 6.92 Å². The van der Waals surface area contributed by atoms with Gasteiger partial charge in [0.25, 0.3) is 0 Å². The van der Waals surface area contributed by atoms with Gasteiger partial charge < -0.3 is 19.7 Å². The summed E-state index contributed by atoms with van der Waals surface area (Å²) in [6.07, 6.45) is 0. The second kappa shape index (κ2) is 5.65. The third-order valence-electron chi connectivity index (χ3n) is 4.51. The second-order valence-corrected chi connectivity index (χ2v) is 6.81. The van der Waals surface area contributed by atoms with Gasteiger partial charge in [-0.25, -0.2) is 4.79 Å². The molecule has 0 spiro atoms. The molecular formula is C16H22BNO5. The Morgan fingerprint density at radius 3 is 2.09 bits per heavy atom. The predicted octanol–water partition coefficient (Wildman–Crippen LogP) is 1.95. The highest BCUT2D eigenvalue weighted by Crippen LogP contribution is 2.37. The molecule has 23 heavy (non-hydrogen) atoms. The highest BCUT2D eigenvalue weighted by Gasteiger charge is 2.52.